The number of amides is 2. The fourth-order valence-electron chi connectivity index (χ4n) is 5.08. The van der Waals surface area contributed by atoms with Crippen molar-refractivity contribution in [3.8, 4) is 11.3 Å². The Bertz CT molecular complexity index is 1080. The van der Waals surface area contributed by atoms with Crippen molar-refractivity contribution >= 4 is 23.2 Å². The van der Waals surface area contributed by atoms with Gasteiger partial charge < -0.3 is 19.9 Å². The number of hydrogen-bond donors (Lipinski definition) is 2. The Kier molecular flexibility index (Phi) is 7.11. The van der Waals surface area contributed by atoms with Gasteiger partial charge in [-0.1, -0.05) is 49.2 Å². The first kappa shape index (κ1) is 22.9. The standard InChI is InChI=1S/C27H31N3O3S/c31-26(28-18-21-12-6-16-33-21)25(24-13-7-17-34-24)30(20-10-4-5-11-20)27(32)23-15-14-22(29-23)19-8-2-1-3-9-19/h1-3,7-9,13-15,17,20-21,25,29H,4-6,10-12,16,18H2,(H,28,31)/t21-,25+/m0/s1. The van der Waals surface area contributed by atoms with Crippen LogP contribution in [0.4, 0.5) is 0 Å². The lowest BCUT2D eigenvalue weighted by Gasteiger charge is -2.35. The molecule has 5 rings (SSSR count). The number of ether oxygens (including phenoxy) is 1. The van der Waals surface area contributed by atoms with Gasteiger partial charge in [-0.25, -0.2) is 0 Å². The number of nitrogens with one attached hydrogen (secondary N) is 2. The minimum Gasteiger partial charge on any atom is -0.376 e. The summed E-state index contributed by atoms with van der Waals surface area (Å²) in [4.78, 5) is 33.6. The van der Waals surface area contributed by atoms with E-state index >= 15 is 0 Å². The summed E-state index contributed by atoms with van der Waals surface area (Å²) in [5.41, 5.74) is 2.43. The Morgan fingerprint density at radius 3 is 2.56 bits per heavy atom. The van der Waals surface area contributed by atoms with Crippen LogP contribution in [0.5, 0.6) is 0 Å². The summed E-state index contributed by atoms with van der Waals surface area (Å²) in [5.74, 6) is -0.257. The Balaban J connectivity index is 1.44. The normalized spacial score (nSPS) is 19.2. The number of hydrogen-bond acceptors (Lipinski definition) is 4. The van der Waals surface area contributed by atoms with Crippen molar-refractivity contribution in [2.24, 2.45) is 0 Å². The highest BCUT2D eigenvalue weighted by Crippen LogP contribution is 2.35. The van der Waals surface area contributed by atoms with Gasteiger partial charge in [0.25, 0.3) is 5.91 Å². The van der Waals surface area contributed by atoms with Gasteiger partial charge >= 0.3 is 0 Å². The minimum absolute atomic E-state index is 0.0385. The summed E-state index contributed by atoms with van der Waals surface area (Å²) in [6.07, 6.45) is 6.02. The van der Waals surface area contributed by atoms with Crippen LogP contribution in [0, 0.1) is 0 Å². The molecule has 2 N–H and O–H groups in total. The van der Waals surface area contributed by atoms with Crippen LogP contribution in [0.25, 0.3) is 11.3 Å². The Morgan fingerprint density at radius 2 is 1.85 bits per heavy atom. The van der Waals surface area contributed by atoms with Gasteiger partial charge in [-0.15, -0.1) is 11.3 Å². The molecule has 3 heterocycles. The van der Waals surface area contributed by atoms with E-state index in [-0.39, 0.29) is 24.0 Å². The average Bonchev–Trinajstić information content (AvgIpc) is 3.68. The second-order valence-corrected chi connectivity index (χ2v) is 10.1. The molecule has 2 aromatic heterocycles. The Labute approximate surface area is 204 Å². The summed E-state index contributed by atoms with van der Waals surface area (Å²) in [6, 6.07) is 17.0. The van der Waals surface area contributed by atoms with Crippen LogP contribution in [0.1, 0.15) is 59.9 Å². The van der Waals surface area contributed by atoms with Crippen LogP contribution < -0.4 is 5.32 Å². The van der Waals surface area contributed by atoms with E-state index in [4.69, 9.17) is 4.74 Å². The molecule has 0 bridgehead atoms. The van der Waals surface area contributed by atoms with E-state index in [9.17, 15) is 9.59 Å². The smallest absolute Gasteiger partial charge is 0.271 e. The van der Waals surface area contributed by atoms with Gasteiger partial charge in [0.2, 0.25) is 5.91 Å². The van der Waals surface area contributed by atoms with Crippen molar-refractivity contribution in [3.05, 3.63) is 70.5 Å². The van der Waals surface area contributed by atoms with Gasteiger partial charge in [0, 0.05) is 29.8 Å². The Morgan fingerprint density at radius 1 is 1.03 bits per heavy atom. The molecule has 2 fully saturated rings. The van der Waals surface area contributed by atoms with Gasteiger partial charge in [0.05, 0.1) is 6.10 Å². The molecule has 2 aliphatic rings. The van der Waals surface area contributed by atoms with E-state index in [1.165, 1.54) is 11.3 Å². The number of aromatic amines is 1. The molecule has 0 unspecified atom stereocenters. The average molecular weight is 478 g/mol. The van der Waals surface area contributed by atoms with Crippen LogP contribution in [-0.4, -0.2) is 47.0 Å². The quantitative estimate of drug-likeness (QED) is 0.470. The zero-order valence-corrected chi connectivity index (χ0v) is 20.1. The molecule has 7 heteroatoms. The maximum Gasteiger partial charge on any atom is 0.271 e. The molecular weight excluding hydrogens is 446 g/mol. The summed E-state index contributed by atoms with van der Waals surface area (Å²) in [6.45, 7) is 1.23. The van der Waals surface area contributed by atoms with Crippen LogP contribution >= 0.6 is 11.3 Å². The van der Waals surface area contributed by atoms with Crippen LogP contribution in [0.3, 0.4) is 0 Å². The highest BCUT2D eigenvalue weighted by molar-refractivity contribution is 7.10. The molecule has 0 radical (unpaired) electrons. The van der Waals surface area contributed by atoms with Crippen LogP contribution in [0.2, 0.25) is 0 Å². The van der Waals surface area contributed by atoms with Gasteiger partial charge in [-0.05, 0) is 54.8 Å². The molecule has 2 amide bonds. The summed E-state index contributed by atoms with van der Waals surface area (Å²) in [5, 5.41) is 5.06. The molecule has 1 saturated heterocycles. The highest BCUT2D eigenvalue weighted by Gasteiger charge is 2.39. The number of rotatable bonds is 8. The van der Waals surface area contributed by atoms with Crippen molar-refractivity contribution in [1.82, 2.24) is 15.2 Å². The number of carbonyl (C=O) groups is 2. The largest absolute Gasteiger partial charge is 0.376 e. The van der Waals surface area contributed by atoms with E-state index in [0.717, 1.165) is 61.3 Å². The number of H-pyrrole nitrogens is 1. The number of aromatic nitrogens is 1. The van der Waals surface area contributed by atoms with Crippen molar-refractivity contribution in [3.63, 3.8) is 0 Å². The van der Waals surface area contributed by atoms with Crippen molar-refractivity contribution in [2.45, 2.75) is 56.7 Å². The van der Waals surface area contributed by atoms with Crippen molar-refractivity contribution in [1.29, 1.82) is 0 Å². The zero-order chi connectivity index (χ0) is 23.3. The SMILES string of the molecule is O=C(NC[C@@H]1CCCO1)[C@@H](c1cccs1)N(C(=O)c1ccc(-c2ccccc2)[nH]1)C1CCCC1. The number of thiophene rings is 1. The van der Waals surface area contributed by atoms with E-state index in [1.807, 2.05) is 64.9 Å². The molecule has 3 aromatic rings. The number of benzene rings is 1. The second-order valence-electron chi connectivity index (χ2n) is 9.10. The highest BCUT2D eigenvalue weighted by atomic mass is 32.1. The molecule has 1 saturated carbocycles. The third-order valence-electron chi connectivity index (χ3n) is 6.82. The lowest BCUT2D eigenvalue weighted by Crippen LogP contribution is -2.48. The molecule has 1 aromatic carbocycles. The van der Waals surface area contributed by atoms with E-state index < -0.39 is 6.04 Å². The lowest BCUT2D eigenvalue weighted by molar-refractivity contribution is -0.127. The molecule has 1 aliphatic carbocycles. The monoisotopic (exact) mass is 477 g/mol. The first-order valence-electron chi connectivity index (χ1n) is 12.2. The molecule has 34 heavy (non-hydrogen) atoms. The van der Waals surface area contributed by atoms with Crippen LogP contribution in [0.15, 0.2) is 60.0 Å². The minimum atomic E-state index is -0.652. The molecule has 6 nitrogen and oxygen atoms in total. The second kappa shape index (κ2) is 10.6. The summed E-state index contributed by atoms with van der Waals surface area (Å²) >= 11 is 1.52. The topological polar surface area (TPSA) is 74.4 Å². The van der Waals surface area contributed by atoms with E-state index in [1.54, 1.807) is 0 Å². The molecule has 2 atom stereocenters. The molecule has 178 valence electrons. The summed E-state index contributed by atoms with van der Waals surface area (Å²) in [7, 11) is 0. The number of carbonyl (C=O) groups excluding carboxylic acids is 2. The molecular formula is C27H31N3O3S. The lowest BCUT2D eigenvalue weighted by atomic mass is 10.1. The van der Waals surface area contributed by atoms with Gasteiger partial charge in [-0.3, -0.25) is 9.59 Å². The maximum absolute atomic E-state index is 14.0. The molecule has 1 aliphatic heterocycles. The van der Waals surface area contributed by atoms with Crippen molar-refractivity contribution in [2.75, 3.05) is 13.2 Å². The summed E-state index contributed by atoms with van der Waals surface area (Å²) < 4.78 is 5.70. The maximum atomic E-state index is 14.0. The van der Waals surface area contributed by atoms with Gasteiger partial charge in [0.1, 0.15) is 11.7 Å². The third kappa shape index (κ3) is 4.95. The number of nitrogens with zero attached hydrogens (tertiary/aromatic N) is 1. The first-order chi connectivity index (χ1) is 16.7. The predicted molar refractivity (Wildman–Crippen MR) is 134 cm³/mol. The molecule has 0 spiro atoms. The Hall–Kier alpha value is -2.90. The predicted octanol–water partition coefficient (Wildman–Crippen LogP) is 5.16. The zero-order valence-electron chi connectivity index (χ0n) is 19.2. The van der Waals surface area contributed by atoms with Gasteiger partial charge in [-0.2, -0.15) is 0 Å². The fraction of sp³-hybridized carbons (Fsp3) is 0.407. The first-order valence-corrected chi connectivity index (χ1v) is 13.1. The third-order valence-corrected chi connectivity index (χ3v) is 7.75. The van der Waals surface area contributed by atoms with Gasteiger partial charge in [0.15, 0.2) is 0 Å². The van der Waals surface area contributed by atoms with E-state index in [2.05, 4.69) is 10.3 Å². The van der Waals surface area contributed by atoms with Crippen LogP contribution in [-0.2, 0) is 9.53 Å². The van der Waals surface area contributed by atoms with E-state index in [0.29, 0.717) is 12.2 Å². The fourth-order valence-corrected chi connectivity index (χ4v) is 5.90. The van der Waals surface area contributed by atoms with Crippen molar-refractivity contribution < 1.29 is 14.3 Å².